The number of nitrogens with zero attached hydrogens (tertiary/aromatic N) is 2. The zero-order valence-electron chi connectivity index (χ0n) is 7.48. The minimum atomic E-state index is -0.175. The molecule has 0 bridgehead atoms. The zero-order chi connectivity index (χ0) is 10.7. The first-order valence-electron chi connectivity index (χ1n) is 4.08. The van der Waals surface area contributed by atoms with Gasteiger partial charge in [-0.05, 0) is 28.1 Å². The molecule has 2 heterocycles. The lowest BCUT2D eigenvalue weighted by atomic mass is 10.4. The van der Waals surface area contributed by atoms with E-state index in [4.69, 9.17) is 0 Å². The van der Waals surface area contributed by atoms with Gasteiger partial charge in [0.05, 0.1) is 17.4 Å². The van der Waals surface area contributed by atoms with Crippen molar-refractivity contribution in [1.29, 1.82) is 0 Å². The average Bonchev–Trinajstić information content (AvgIpc) is 2.74. The van der Waals surface area contributed by atoms with Crippen molar-refractivity contribution in [3.8, 4) is 0 Å². The van der Waals surface area contributed by atoms with E-state index in [2.05, 4.69) is 31.2 Å². The Morgan fingerprint density at radius 3 is 3.07 bits per heavy atom. The summed E-state index contributed by atoms with van der Waals surface area (Å²) in [6.07, 6.45) is 3.18. The van der Waals surface area contributed by atoms with E-state index < -0.39 is 0 Å². The molecule has 0 aliphatic rings. The van der Waals surface area contributed by atoms with Crippen LogP contribution in [0.3, 0.4) is 0 Å². The molecule has 2 aromatic heterocycles. The Morgan fingerprint density at radius 2 is 2.40 bits per heavy atom. The predicted octanol–water partition coefficient (Wildman–Crippen LogP) is 2.55. The Kier molecular flexibility index (Phi) is 3.08. The van der Waals surface area contributed by atoms with Gasteiger partial charge in [-0.3, -0.25) is 9.78 Å². The van der Waals surface area contributed by atoms with Crippen LogP contribution in [-0.4, -0.2) is 15.9 Å². The highest BCUT2D eigenvalue weighted by atomic mass is 79.9. The summed E-state index contributed by atoms with van der Waals surface area (Å²) in [4.78, 5) is 20.1. The van der Waals surface area contributed by atoms with E-state index in [1.54, 1.807) is 23.8 Å². The maximum Gasteiger partial charge on any atom is 0.267 e. The van der Waals surface area contributed by atoms with Crippen LogP contribution in [0.4, 0.5) is 5.69 Å². The average molecular weight is 284 g/mol. The van der Waals surface area contributed by atoms with Crippen molar-refractivity contribution in [3.05, 3.63) is 39.5 Å². The van der Waals surface area contributed by atoms with Crippen molar-refractivity contribution >= 4 is 38.9 Å². The molecular weight excluding hydrogens is 278 g/mol. The zero-order valence-corrected chi connectivity index (χ0v) is 9.88. The summed E-state index contributed by atoms with van der Waals surface area (Å²) in [6.45, 7) is 0. The highest BCUT2D eigenvalue weighted by molar-refractivity contribution is 9.10. The molecule has 76 valence electrons. The van der Waals surface area contributed by atoms with Gasteiger partial charge in [0.25, 0.3) is 5.91 Å². The Labute approximate surface area is 98.5 Å². The number of pyridine rings is 1. The van der Waals surface area contributed by atoms with Crippen molar-refractivity contribution in [3.63, 3.8) is 0 Å². The molecule has 1 amide bonds. The number of thiazole rings is 1. The summed E-state index contributed by atoms with van der Waals surface area (Å²) < 4.78 is 0.614. The molecule has 6 heteroatoms. The van der Waals surface area contributed by atoms with E-state index in [0.29, 0.717) is 15.2 Å². The van der Waals surface area contributed by atoms with E-state index >= 15 is 0 Å². The first-order chi connectivity index (χ1) is 7.27. The summed E-state index contributed by atoms with van der Waals surface area (Å²) in [5.74, 6) is -0.175. The van der Waals surface area contributed by atoms with Gasteiger partial charge in [-0.1, -0.05) is 0 Å². The standard InChI is InChI=1S/C9H6BrN3OS/c10-8-6(2-1-3-12-8)13-9(14)7-4-11-5-15-7/h1-5H,(H,13,14). The lowest BCUT2D eigenvalue weighted by molar-refractivity contribution is 0.103. The number of amides is 1. The van der Waals surface area contributed by atoms with Gasteiger partial charge in [-0.2, -0.15) is 0 Å². The Balaban J connectivity index is 2.17. The molecule has 0 atom stereocenters. The summed E-state index contributed by atoms with van der Waals surface area (Å²) in [5, 5.41) is 2.73. The Hall–Kier alpha value is -1.27. The molecule has 0 radical (unpaired) electrons. The molecular formula is C9H6BrN3OS. The van der Waals surface area contributed by atoms with Gasteiger partial charge in [0.2, 0.25) is 0 Å². The number of rotatable bonds is 2. The minimum Gasteiger partial charge on any atom is -0.319 e. The second-order valence-electron chi connectivity index (χ2n) is 2.66. The number of nitrogens with one attached hydrogen (secondary N) is 1. The molecule has 2 aromatic rings. The van der Waals surface area contributed by atoms with Gasteiger partial charge < -0.3 is 5.32 Å². The molecule has 1 N–H and O–H groups in total. The van der Waals surface area contributed by atoms with Crippen LogP contribution in [0.2, 0.25) is 0 Å². The molecule has 0 aliphatic heterocycles. The van der Waals surface area contributed by atoms with E-state index in [9.17, 15) is 4.79 Å². The molecule has 0 spiro atoms. The van der Waals surface area contributed by atoms with Gasteiger partial charge in [0, 0.05) is 6.20 Å². The quantitative estimate of drug-likeness (QED) is 0.862. The number of carbonyl (C=O) groups excluding carboxylic acids is 1. The second kappa shape index (κ2) is 4.50. The maximum atomic E-state index is 11.6. The molecule has 0 saturated carbocycles. The normalized spacial score (nSPS) is 9.93. The predicted molar refractivity (Wildman–Crippen MR) is 62.0 cm³/mol. The molecule has 0 aliphatic carbocycles. The number of carbonyl (C=O) groups is 1. The molecule has 0 fully saturated rings. The first-order valence-corrected chi connectivity index (χ1v) is 5.75. The lowest BCUT2D eigenvalue weighted by Gasteiger charge is -2.03. The largest absolute Gasteiger partial charge is 0.319 e. The van der Waals surface area contributed by atoms with E-state index in [1.807, 2.05) is 0 Å². The van der Waals surface area contributed by atoms with Crippen LogP contribution in [0.15, 0.2) is 34.6 Å². The fourth-order valence-corrected chi connectivity index (χ4v) is 1.86. The van der Waals surface area contributed by atoms with Gasteiger partial charge >= 0.3 is 0 Å². The van der Waals surface area contributed by atoms with Crippen LogP contribution < -0.4 is 5.32 Å². The fraction of sp³-hybridized carbons (Fsp3) is 0. The van der Waals surface area contributed by atoms with E-state index in [-0.39, 0.29) is 5.91 Å². The van der Waals surface area contributed by atoms with Gasteiger partial charge in [0.1, 0.15) is 9.48 Å². The molecule has 4 nitrogen and oxygen atoms in total. The lowest BCUT2D eigenvalue weighted by Crippen LogP contribution is -2.10. The van der Waals surface area contributed by atoms with Crippen LogP contribution >= 0.6 is 27.3 Å². The fourth-order valence-electron chi connectivity index (χ4n) is 0.991. The molecule has 0 aromatic carbocycles. The van der Waals surface area contributed by atoms with Crippen LogP contribution in [-0.2, 0) is 0 Å². The van der Waals surface area contributed by atoms with Gasteiger partial charge in [0.15, 0.2) is 0 Å². The summed E-state index contributed by atoms with van der Waals surface area (Å²) >= 11 is 4.55. The number of hydrogen-bond acceptors (Lipinski definition) is 4. The Bertz CT molecular complexity index is 472. The third kappa shape index (κ3) is 2.40. The smallest absolute Gasteiger partial charge is 0.267 e. The third-order valence-electron chi connectivity index (χ3n) is 1.66. The highest BCUT2D eigenvalue weighted by Gasteiger charge is 2.09. The molecule has 0 saturated heterocycles. The van der Waals surface area contributed by atoms with E-state index in [1.165, 1.54) is 17.5 Å². The van der Waals surface area contributed by atoms with Crippen molar-refractivity contribution in [1.82, 2.24) is 9.97 Å². The number of halogens is 1. The van der Waals surface area contributed by atoms with E-state index in [0.717, 1.165) is 0 Å². The second-order valence-corrected chi connectivity index (χ2v) is 4.30. The summed E-state index contributed by atoms with van der Waals surface area (Å²) in [6, 6.07) is 3.53. The minimum absolute atomic E-state index is 0.175. The monoisotopic (exact) mass is 283 g/mol. The van der Waals surface area contributed by atoms with Crippen molar-refractivity contribution in [2.24, 2.45) is 0 Å². The number of aromatic nitrogens is 2. The molecule has 15 heavy (non-hydrogen) atoms. The molecule has 0 unspecified atom stereocenters. The van der Waals surface area contributed by atoms with Gasteiger partial charge in [-0.25, -0.2) is 4.98 Å². The van der Waals surface area contributed by atoms with Crippen LogP contribution in [0.5, 0.6) is 0 Å². The topological polar surface area (TPSA) is 54.9 Å². The van der Waals surface area contributed by atoms with Gasteiger partial charge in [-0.15, -0.1) is 11.3 Å². The van der Waals surface area contributed by atoms with Crippen molar-refractivity contribution in [2.75, 3.05) is 5.32 Å². The highest BCUT2D eigenvalue weighted by Crippen LogP contribution is 2.19. The van der Waals surface area contributed by atoms with Crippen molar-refractivity contribution in [2.45, 2.75) is 0 Å². The Morgan fingerprint density at radius 1 is 1.53 bits per heavy atom. The van der Waals surface area contributed by atoms with Crippen molar-refractivity contribution < 1.29 is 4.79 Å². The number of anilines is 1. The van der Waals surface area contributed by atoms with Crippen LogP contribution in [0.1, 0.15) is 9.67 Å². The summed E-state index contributed by atoms with van der Waals surface area (Å²) in [5.41, 5.74) is 2.27. The summed E-state index contributed by atoms with van der Waals surface area (Å²) in [7, 11) is 0. The first kappa shape index (κ1) is 10.3. The number of hydrogen-bond donors (Lipinski definition) is 1. The SMILES string of the molecule is O=C(Nc1cccnc1Br)c1cncs1. The maximum absolute atomic E-state index is 11.6. The third-order valence-corrected chi connectivity index (χ3v) is 3.07. The molecule has 2 rings (SSSR count). The van der Waals surface area contributed by atoms with Crippen LogP contribution in [0, 0.1) is 0 Å². The van der Waals surface area contributed by atoms with Crippen LogP contribution in [0.25, 0.3) is 0 Å².